The van der Waals surface area contributed by atoms with E-state index >= 15 is 0 Å². The lowest BCUT2D eigenvalue weighted by molar-refractivity contribution is -0.757. The minimum absolute atomic E-state index is 0.000383. The van der Waals surface area contributed by atoms with Crippen molar-refractivity contribution in [1.29, 1.82) is 0 Å². The fraction of sp³-hybridized carbons (Fsp3) is 0.765. The van der Waals surface area contributed by atoms with Crippen molar-refractivity contribution in [3.8, 4) is 0 Å². The smallest absolute Gasteiger partial charge is 0.308 e. The lowest BCUT2D eigenvalue weighted by Crippen LogP contribution is -2.63. The molecule has 2 saturated carbocycles. The van der Waals surface area contributed by atoms with E-state index in [9.17, 15) is 34.4 Å². The van der Waals surface area contributed by atoms with Crippen LogP contribution in [0.25, 0.3) is 0 Å². The van der Waals surface area contributed by atoms with Gasteiger partial charge in [0.1, 0.15) is 0 Å². The molecule has 0 aromatic rings. The maximum atomic E-state index is 14.2. The summed E-state index contributed by atoms with van der Waals surface area (Å²) in [6.45, 7) is 5.66. The molecule has 5 aliphatic rings. The van der Waals surface area contributed by atoms with Gasteiger partial charge in [-0.2, -0.15) is 0 Å². The highest BCUT2D eigenvalue weighted by Gasteiger charge is 2.75. The Bertz CT molecular complexity index is 1310. The molecule has 1 heterocycles. The number of aliphatic hydroxyl groups excluding tert-OH is 1. The quantitative estimate of drug-likeness (QED) is 0.0862. The number of allylic oxidation sites excluding steroid dienone is 4. The Hall–Kier alpha value is -3.16. The summed E-state index contributed by atoms with van der Waals surface area (Å²) in [5.41, 5.74) is -1.55. The summed E-state index contributed by atoms with van der Waals surface area (Å²) in [4.78, 5) is 65.6. The van der Waals surface area contributed by atoms with Gasteiger partial charge in [0, 0.05) is 36.1 Å². The van der Waals surface area contributed by atoms with E-state index in [0.29, 0.717) is 51.4 Å². The maximum Gasteiger partial charge on any atom is 0.308 e. The Morgan fingerprint density at radius 1 is 1.19 bits per heavy atom. The molecule has 47 heavy (non-hydrogen) atoms. The SMILES string of the molecule is CCCC1O[C@@H]2C[C@H]3[C@@H]4CC=C5CC(=O)C=C[C@]5(C)[C@H]4[C@@H](O)C[C@]3(C)[C@]2(C(=O)COC(=O)CCNC(=O)CCCCCO[N+](=O)[O-])O1. The number of aliphatic hydroxyl groups is 1. The highest BCUT2D eigenvalue weighted by Crippen LogP contribution is 2.69. The van der Waals surface area contributed by atoms with Gasteiger partial charge in [0.2, 0.25) is 11.7 Å². The van der Waals surface area contributed by atoms with Crippen molar-refractivity contribution in [1.82, 2.24) is 5.32 Å². The Labute approximate surface area is 274 Å². The number of hydrogen-bond donors (Lipinski definition) is 2. The number of ketones is 2. The largest absolute Gasteiger partial charge is 0.457 e. The molecule has 5 rings (SSSR count). The highest BCUT2D eigenvalue weighted by molar-refractivity contribution is 5.94. The van der Waals surface area contributed by atoms with Gasteiger partial charge in [-0.3, -0.25) is 19.2 Å². The number of ether oxygens (including phenoxy) is 3. The third-order valence-corrected chi connectivity index (χ3v) is 11.4. The van der Waals surface area contributed by atoms with Gasteiger partial charge in [0.05, 0.1) is 25.2 Å². The van der Waals surface area contributed by atoms with Crippen molar-refractivity contribution >= 4 is 23.4 Å². The van der Waals surface area contributed by atoms with E-state index < -0.39 is 52.6 Å². The third-order valence-electron chi connectivity index (χ3n) is 11.4. The van der Waals surface area contributed by atoms with Crippen LogP contribution >= 0.6 is 0 Å². The van der Waals surface area contributed by atoms with E-state index in [1.807, 2.05) is 19.9 Å². The molecule has 260 valence electrons. The molecular formula is C34H48N2O11. The molecule has 1 amide bonds. The molecule has 3 fully saturated rings. The second kappa shape index (κ2) is 14.1. The highest BCUT2D eigenvalue weighted by atomic mass is 16.9. The first kappa shape index (κ1) is 35.2. The minimum Gasteiger partial charge on any atom is -0.457 e. The van der Waals surface area contributed by atoms with Gasteiger partial charge < -0.3 is 29.5 Å². The number of hydrogen-bond acceptors (Lipinski definition) is 11. The first-order valence-electron chi connectivity index (χ1n) is 17.0. The number of carbonyl (C=O) groups excluding carboxylic acids is 4. The van der Waals surface area contributed by atoms with Gasteiger partial charge in [0.15, 0.2) is 24.3 Å². The van der Waals surface area contributed by atoms with Gasteiger partial charge in [-0.25, -0.2) is 0 Å². The molecule has 2 N–H and O–H groups in total. The second-order valence-corrected chi connectivity index (χ2v) is 14.2. The summed E-state index contributed by atoms with van der Waals surface area (Å²) >= 11 is 0. The molecule has 1 aliphatic heterocycles. The van der Waals surface area contributed by atoms with Crippen molar-refractivity contribution in [2.45, 2.75) is 115 Å². The Balaban J connectivity index is 1.21. The van der Waals surface area contributed by atoms with Gasteiger partial charge in [-0.1, -0.05) is 51.3 Å². The van der Waals surface area contributed by atoms with Crippen LogP contribution in [0.15, 0.2) is 23.8 Å². The van der Waals surface area contributed by atoms with Crippen LogP contribution in [0.3, 0.4) is 0 Å². The fourth-order valence-corrected chi connectivity index (χ4v) is 9.34. The molecule has 0 aromatic heterocycles. The first-order valence-corrected chi connectivity index (χ1v) is 17.0. The van der Waals surface area contributed by atoms with Crippen LogP contribution in [0.2, 0.25) is 0 Å². The van der Waals surface area contributed by atoms with E-state index in [-0.39, 0.29) is 61.2 Å². The molecule has 4 aliphatic carbocycles. The van der Waals surface area contributed by atoms with E-state index in [1.165, 1.54) is 0 Å². The van der Waals surface area contributed by atoms with E-state index in [4.69, 9.17) is 14.2 Å². The van der Waals surface area contributed by atoms with E-state index in [0.717, 1.165) is 12.0 Å². The Morgan fingerprint density at radius 3 is 2.72 bits per heavy atom. The number of nitrogens with zero attached hydrogens (tertiary/aromatic N) is 1. The minimum atomic E-state index is -1.38. The fourth-order valence-electron chi connectivity index (χ4n) is 9.34. The molecule has 0 bridgehead atoms. The van der Waals surface area contributed by atoms with Crippen molar-refractivity contribution in [2.75, 3.05) is 19.8 Å². The lowest BCUT2D eigenvalue weighted by atomic mass is 9.47. The van der Waals surface area contributed by atoms with Gasteiger partial charge in [0.25, 0.3) is 5.09 Å². The number of fused-ring (bicyclic) bond motifs is 7. The Kier molecular flexibility index (Phi) is 10.6. The van der Waals surface area contributed by atoms with Crippen LogP contribution in [0.5, 0.6) is 0 Å². The average Bonchev–Trinajstić information content (AvgIpc) is 3.49. The van der Waals surface area contributed by atoms with Crippen LogP contribution in [0, 0.1) is 38.7 Å². The zero-order valence-electron chi connectivity index (χ0n) is 27.6. The molecular weight excluding hydrogens is 612 g/mol. The summed E-state index contributed by atoms with van der Waals surface area (Å²) in [6, 6.07) is 0. The summed E-state index contributed by atoms with van der Waals surface area (Å²) in [7, 11) is 0. The predicted molar refractivity (Wildman–Crippen MR) is 166 cm³/mol. The summed E-state index contributed by atoms with van der Waals surface area (Å²) in [5, 5.41) is 23.8. The van der Waals surface area contributed by atoms with Gasteiger partial charge >= 0.3 is 5.97 Å². The number of rotatable bonds is 15. The normalized spacial score (nSPS) is 36.8. The first-order chi connectivity index (χ1) is 22.4. The van der Waals surface area contributed by atoms with Crippen LogP contribution in [0.1, 0.15) is 91.4 Å². The number of carbonyl (C=O) groups is 4. The topological polar surface area (TPSA) is 181 Å². The van der Waals surface area contributed by atoms with Crippen molar-refractivity contribution < 1.29 is 48.4 Å². The van der Waals surface area contributed by atoms with Gasteiger partial charge in [-0.05, 0) is 56.4 Å². The standard InChI is InChI=1S/C34H48N2O11/c1-4-8-30-46-27-18-24-23-11-10-21-17-22(37)12-14-32(21,2)31(23)25(38)19-33(24,3)34(27,47-30)26(39)20-44-29(41)13-15-35-28(40)9-6-5-7-16-45-36(42)43/h10,12,14,23-25,27,30-31,38H,4-9,11,13,15-20H2,1-3H3,(H,35,40)/t23-,24-,25-,27+,30?,31+,32-,33-,34+/m0/s1. The third kappa shape index (κ3) is 6.63. The summed E-state index contributed by atoms with van der Waals surface area (Å²) in [5.74, 6) is -1.26. The van der Waals surface area contributed by atoms with Crippen LogP contribution in [-0.4, -0.2) is 77.5 Å². The number of Topliss-reactive ketones (excluding diaryl/α,β-unsaturated/α-hetero) is 1. The lowest BCUT2D eigenvalue weighted by Gasteiger charge is -2.59. The molecule has 0 spiro atoms. The molecule has 0 aromatic carbocycles. The zero-order valence-corrected chi connectivity index (χ0v) is 27.6. The van der Waals surface area contributed by atoms with Crippen LogP contribution < -0.4 is 5.32 Å². The van der Waals surface area contributed by atoms with Crippen molar-refractivity contribution in [2.24, 2.45) is 28.6 Å². The maximum absolute atomic E-state index is 14.2. The molecule has 13 nitrogen and oxygen atoms in total. The van der Waals surface area contributed by atoms with Gasteiger partial charge in [-0.15, -0.1) is 10.1 Å². The van der Waals surface area contributed by atoms with Crippen molar-refractivity contribution in [3.63, 3.8) is 0 Å². The average molecular weight is 661 g/mol. The molecule has 0 radical (unpaired) electrons. The monoisotopic (exact) mass is 660 g/mol. The zero-order chi connectivity index (χ0) is 34.0. The second-order valence-electron chi connectivity index (χ2n) is 14.2. The summed E-state index contributed by atoms with van der Waals surface area (Å²) < 4.78 is 18.4. The van der Waals surface area contributed by atoms with Crippen molar-refractivity contribution in [3.05, 3.63) is 33.9 Å². The molecule has 13 heteroatoms. The Morgan fingerprint density at radius 2 is 1.98 bits per heavy atom. The van der Waals surface area contributed by atoms with Crippen LogP contribution in [-0.2, 0) is 38.2 Å². The predicted octanol–water partition coefficient (Wildman–Crippen LogP) is 3.54. The summed E-state index contributed by atoms with van der Waals surface area (Å²) in [6.07, 6.45) is 8.91. The number of esters is 1. The van der Waals surface area contributed by atoms with E-state index in [2.05, 4.69) is 23.2 Å². The number of nitrogens with one attached hydrogen (secondary N) is 1. The van der Waals surface area contributed by atoms with Crippen LogP contribution in [0.4, 0.5) is 0 Å². The molecule has 1 unspecified atom stereocenters. The molecule has 1 saturated heterocycles. The number of unbranched alkanes of at least 4 members (excludes halogenated alkanes) is 2. The number of amides is 1. The molecule has 9 atom stereocenters. The van der Waals surface area contributed by atoms with E-state index in [1.54, 1.807) is 6.08 Å².